The highest BCUT2D eigenvalue weighted by Crippen LogP contribution is 2.27. The molecule has 0 aliphatic rings. The van der Waals surface area contributed by atoms with Crippen molar-refractivity contribution in [2.45, 2.75) is 0 Å². The molecule has 0 atom stereocenters. The molecule has 4 N–H and O–H groups in total. The van der Waals surface area contributed by atoms with E-state index in [1.54, 1.807) is 24.3 Å². The summed E-state index contributed by atoms with van der Waals surface area (Å²) in [6.45, 7) is 0. The van der Waals surface area contributed by atoms with E-state index in [2.05, 4.69) is 10.6 Å². The van der Waals surface area contributed by atoms with Crippen LogP contribution in [0.4, 0.5) is 10.5 Å². The number of urea groups is 1. The Morgan fingerprint density at radius 2 is 1.61 bits per heavy atom. The predicted molar refractivity (Wildman–Crippen MR) is 86.5 cm³/mol. The molecule has 112 valence electrons. The van der Waals surface area contributed by atoms with Gasteiger partial charge in [-0.2, -0.15) is 10.5 Å². The minimum Gasteiger partial charge on any atom is -0.388 e. The van der Waals surface area contributed by atoms with Crippen LogP contribution in [0.3, 0.4) is 0 Å². The molecule has 23 heavy (non-hydrogen) atoms. The van der Waals surface area contributed by atoms with Crippen molar-refractivity contribution in [3.63, 3.8) is 0 Å². The Labute approximate surface area is 133 Å². The topological polar surface area (TPSA) is 115 Å². The van der Waals surface area contributed by atoms with Crippen LogP contribution >= 0.6 is 0 Å². The van der Waals surface area contributed by atoms with Crippen molar-refractivity contribution in [2.75, 3.05) is 5.32 Å². The second kappa shape index (κ2) is 7.30. The number of rotatable bonds is 3. The number of benzene rings is 2. The van der Waals surface area contributed by atoms with E-state index in [-0.39, 0.29) is 11.4 Å². The molecular weight excluding hydrogens is 290 g/mol. The van der Waals surface area contributed by atoms with Gasteiger partial charge in [0, 0.05) is 5.56 Å². The lowest BCUT2D eigenvalue weighted by Gasteiger charge is -2.12. The lowest BCUT2D eigenvalue weighted by atomic mass is 10.0. The van der Waals surface area contributed by atoms with Gasteiger partial charge in [0.05, 0.1) is 5.69 Å². The van der Waals surface area contributed by atoms with Gasteiger partial charge in [-0.15, -0.1) is 0 Å². The van der Waals surface area contributed by atoms with Crippen LogP contribution in [0.2, 0.25) is 0 Å². The molecule has 0 bridgehead atoms. The van der Waals surface area contributed by atoms with E-state index in [0.29, 0.717) is 5.69 Å². The average Bonchev–Trinajstić information content (AvgIpc) is 2.60. The van der Waals surface area contributed by atoms with Gasteiger partial charge in [0.25, 0.3) is 0 Å². The third-order valence-corrected chi connectivity index (χ3v) is 3.00. The third-order valence-electron chi connectivity index (χ3n) is 3.00. The van der Waals surface area contributed by atoms with Crippen LogP contribution in [-0.4, -0.2) is 6.03 Å². The number of hydrogen-bond acceptors (Lipinski definition) is 4. The summed E-state index contributed by atoms with van der Waals surface area (Å²) in [6, 6.07) is 19.4. The van der Waals surface area contributed by atoms with Crippen LogP contribution in [0.1, 0.15) is 0 Å². The first-order valence-electron chi connectivity index (χ1n) is 6.68. The van der Waals surface area contributed by atoms with Crippen LogP contribution in [0.5, 0.6) is 0 Å². The number of nitrogens with zero attached hydrogens (tertiary/aromatic N) is 2. The normalized spacial score (nSPS) is 10.7. The number of nitrogens with one attached hydrogen (secondary N) is 2. The van der Waals surface area contributed by atoms with Crippen molar-refractivity contribution in [2.24, 2.45) is 5.73 Å². The highest BCUT2D eigenvalue weighted by molar-refractivity contribution is 5.95. The lowest BCUT2D eigenvalue weighted by Crippen LogP contribution is -2.29. The minimum atomic E-state index is -0.650. The molecule has 6 heteroatoms. The van der Waals surface area contributed by atoms with Gasteiger partial charge < -0.3 is 11.1 Å². The number of carbonyl (C=O) groups is 1. The zero-order valence-corrected chi connectivity index (χ0v) is 12.1. The maximum Gasteiger partial charge on any atom is 0.324 e. The van der Waals surface area contributed by atoms with E-state index < -0.39 is 6.03 Å². The molecule has 0 aliphatic carbocycles. The Kier molecular flexibility index (Phi) is 4.96. The van der Waals surface area contributed by atoms with Gasteiger partial charge in [0.1, 0.15) is 17.8 Å². The Morgan fingerprint density at radius 3 is 2.26 bits per heavy atom. The Morgan fingerprint density at radius 1 is 0.957 bits per heavy atom. The van der Waals surface area contributed by atoms with Gasteiger partial charge in [-0.05, 0) is 11.6 Å². The van der Waals surface area contributed by atoms with E-state index in [0.717, 1.165) is 11.1 Å². The molecule has 0 saturated carbocycles. The lowest BCUT2D eigenvalue weighted by molar-refractivity contribution is 0.254. The van der Waals surface area contributed by atoms with Crippen molar-refractivity contribution in [3.05, 3.63) is 66.0 Å². The molecule has 0 heterocycles. The fraction of sp³-hybridized carbons (Fsp3) is 0. The monoisotopic (exact) mass is 303 g/mol. The van der Waals surface area contributed by atoms with E-state index in [1.807, 2.05) is 42.5 Å². The smallest absolute Gasteiger partial charge is 0.324 e. The zero-order chi connectivity index (χ0) is 16.7. The van der Waals surface area contributed by atoms with Crippen molar-refractivity contribution in [3.8, 4) is 23.3 Å². The molecule has 0 fully saturated rings. The molecule has 2 rings (SSSR count). The molecule has 2 amide bonds. The van der Waals surface area contributed by atoms with Gasteiger partial charge in [-0.25, -0.2) is 4.79 Å². The second-order valence-electron chi connectivity index (χ2n) is 4.50. The summed E-state index contributed by atoms with van der Waals surface area (Å²) in [5.74, 6) is 0. The molecule has 0 unspecified atom stereocenters. The van der Waals surface area contributed by atoms with Crippen molar-refractivity contribution < 1.29 is 4.79 Å². The number of hydrogen-bond donors (Lipinski definition) is 3. The molecule has 6 nitrogen and oxygen atoms in total. The van der Waals surface area contributed by atoms with Crippen LogP contribution in [0.15, 0.2) is 66.0 Å². The van der Waals surface area contributed by atoms with Gasteiger partial charge in [-0.3, -0.25) is 5.32 Å². The van der Waals surface area contributed by atoms with Crippen LogP contribution in [0.25, 0.3) is 11.1 Å². The van der Waals surface area contributed by atoms with Crippen LogP contribution < -0.4 is 16.4 Å². The van der Waals surface area contributed by atoms with E-state index >= 15 is 0 Å². The molecule has 0 saturated heterocycles. The molecule has 0 spiro atoms. The molecule has 0 aliphatic heterocycles. The summed E-state index contributed by atoms with van der Waals surface area (Å²) >= 11 is 0. The maximum atomic E-state index is 12.0. The largest absolute Gasteiger partial charge is 0.388 e. The van der Waals surface area contributed by atoms with Gasteiger partial charge in [0.2, 0.25) is 0 Å². The average molecular weight is 303 g/mol. The number of para-hydroxylation sites is 1. The maximum absolute atomic E-state index is 12.0. The van der Waals surface area contributed by atoms with Crippen LogP contribution in [-0.2, 0) is 0 Å². The molecule has 0 radical (unpaired) electrons. The summed E-state index contributed by atoms with van der Waals surface area (Å²) < 4.78 is 0. The van der Waals surface area contributed by atoms with E-state index in [9.17, 15) is 4.79 Å². The number of nitrogens with two attached hydrogens (primary N) is 1. The van der Waals surface area contributed by atoms with Crippen molar-refractivity contribution in [1.29, 1.82) is 10.5 Å². The number of nitriles is 2. The number of anilines is 1. The molecule has 0 aromatic heterocycles. The second-order valence-corrected chi connectivity index (χ2v) is 4.50. The van der Waals surface area contributed by atoms with Gasteiger partial charge >= 0.3 is 6.03 Å². The number of amides is 2. The SMILES string of the molecule is N#C/C(N)=C(\C#N)NC(=O)Nc1ccccc1-c1ccccc1. The summed E-state index contributed by atoms with van der Waals surface area (Å²) in [5.41, 5.74) is 7.05. The summed E-state index contributed by atoms with van der Waals surface area (Å²) in [7, 11) is 0. The molecular formula is C17H13N5O. The standard InChI is InChI=1S/C17H13N5O/c18-10-14(20)16(11-19)22-17(23)21-15-9-5-4-8-13(15)12-6-2-1-3-7-12/h1-9H,20H2,(H2,21,22,23)/b16-14-. The highest BCUT2D eigenvalue weighted by Gasteiger charge is 2.11. The molecule has 2 aromatic carbocycles. The minimum absolute atomic E-state index is 0.290. The van der Waals surface area contributed by atoms with Crippen molar-refractivity contribution in [1.82, 2.24) is 5.32 Å². The Bertz CT molecular complexity index is 828. The van der Waals surface area contributed by atoms with E-state index in [1.165, 1.54) is 0 Å². The van der Waals surface area contributed by atoms with Crippen LogP contribution in [0, 0.1) is 22.7 Å². The third kappa shape index (κ3) is 3.87. The first kappa shape index (κ1) is 15.6. The molecule has 2 aromatic rings. The summed E-state index contributed by atoms with van der Waals surface area (Å²) in [6.07, 6.45) is 0. The van der Waals surface area contributed by atoms with Gasteiger partial charge in [-0.1, -0.05) is 48.5 Å². The number of carbonyl (C=O) groups excluding carboxylic acids is 1. The fourth-order valence-electron chi connectivity index (χ4n) is 1.94. The summed E-state index contributed by atoms with van der Waals surface area (Å²) in [5, 5.41) is 22.5. The highest BCUT2D eigenvalue weighted by atomic mass is 16.2. The predicted octanol–water partition coefficient (Wildman–Crippen LogP) is 2.69. The van der Waals surface area contributed by atoms with Crippen molar-refractivity contribution >= 4 is 11.7 Å². The quantitative estimate of drug-likeness (QED) is 0.756. The summed E-state index contributed by atoms with van der Waals surface area (Å²) in [4.78, 5) is 12.0. The van der Waals surface area contributed by atoms with E-state index in [4.69, 9.17) is 16.3 Å². The first-order valence-corrected chi connectivity index (χ1v) is 6.68. The van der Waals surface area contributed by atoms with Gasteiger partial charge in [0.15, 0.2) is 5.70 Å². The zero-order valence-electron chi connectivity index (χ0n) is 12.1. The number of allylic oxidation sites excluding steroid dienone is 2. The Balaban J connectivity index is 2.24. The first-order chi connectivity index (χ1) is 11.2. The fourth-order valence-corrected chi connectivity index (χ4v) is 1.94. The Hall–Kier alpha value is -3.77.